The minimum atomic E-state index is -4.48. The summed E-state index contributed by atoms with van der Waals surface area (Å²) in [6.45, 7) is 1.45. The molecule has 146 valence electrons. The number of nitriles is 1. The first-order valence-corrected chi connectivity index (χ1v) is 11.2. The SMILES string of the molecule is CCOC(=O)C(C#N)=CC(S(=O)(=O)c1ccccc1)S(=O)(=O)c1ccccc1. The number of esters is 1. The minimum absolute atomic E-state index is 0.0562. The maximum atomic E-state index is 13.1. The van der Waals surface area contributed by atoms with Gasteiger partial charge in [0.2, 0.25) is 0 Å². The van der Waals surface area contributed by atoms with Gasteiger partial charge in [-0.05, 0) is 37.3 Å². The molecule has 0 heterocycles. The second-order valence-corrected chi connectivity index (χ2v) is 9.93. The van der Waals surface area contributed by atoms with E-state index in [1.165, 1.54) is 61.5 Å². The van der Waals surface area contributed by atoms with Crippen molar-refractivity contribution < 1.29 is 26.4 Å². The lowest BCUT2D eigenvalue weighted by molar-refractivity contribution is -0.138. The molecule has 0 aliphatic carbocycles. The van der Waals surface area contributed by atoms with Crippen LogP contribution in [0, 0.1) is 11.3 Å². The van der Waals surface area contributed by atoms with Crippen molar-refractivity contribution in [3.05, 3.63) is 72.3 Å². The largest absolute Gasteiger partial charge is 0.462 e. The third-order valence-corrected chi connectivity index (χ3v) is 8.55. The van der Waals surface area contributed by atoms with Crippen molar-refractivity contribution in [2.45, 2.75) is 21.3 Å². The molecule has 0 aromatic heterocycles. The Morgan fingerprint density at radius 1 is 0.964 bits per heavy atom. The number of nitrogens with zero attached hydrogens (tertiary/aromatic N) is 1. The van der Waals surface area contributed by atoms with Crippen LogP contribution >= 0.6 is 0 Å². The molecule has 0 radical (unpaired) electrons. The molecule has 0 spiro atoms. The van der Waals surface area contributed by atoms with E-state index in [0.717, 1.165) is 0 Å². The van der Waals surface area contributed by atoms with Crippen LogP contribution in [0.25, 0.3) is 0 Å². The molecule has 0 bridgehead atoms. The molecule has 7 nitrogen and oxygen atoms in total. The van der Waals surface area contributed by atoms with Crippen LogP contribution in [0.15, 0.2) is 82.1 Å². The first kappa shape index (κ1) is 21.3. The summed E-state index contributed by atoms with van der Waals surface area (Å²) < 4.78 is 54.9. The van der Waals surface area contributed by atoms with Crippen LogP contribution in [0.3, 0.4) is 0 Å². The molecule has 0 aliphatic heterocycles. The Balaban J connectivity index is 2.73. The van der Waals surface area contributed by atoms with E-state index in [2.05, 4.69) is 0 Å². The van der Waals surface area contributed by atoms with Gasteiger partial charge in [-0.1, -0.05) is 36.4 Å². The van der Waals surface area contributed by atoms with Crippen LogP contribution in [-0.4, -0.2) is 34.0 Å². The van der Waals surface area contributed by atoms with E-state index in [0.29, 0.717) is 6.08 Å². The third-order valence-electron chi connectivity index (χ3n) is 3.67. The zero-order valence-electron chi connectivity index (χ0n) is 14.8. The maximum absolute atomic E-state index is 13.1. The summed E-state index contributed by atoms with van der Waals surface area (Å²) in [6, 6.07) is 15.4. The number of rotatable bonds is 7. The van der Waals surface area contributed by atoms with E-state index in [4.69, 9.17) is 4.74 Å². The molecule has 0 aliphatic rings. The minimum Gasteiger partial charge on any atom is -0.462 e. The van der Waals surface area contributed by atoms with Gasteiger partial charge in [0.25, 0.3) is 0 Å². The average Bonchev–Trinajstić information content (AvgIpc) is 2.69. The van der Waals surface area contributed by atoms with Crippen molar-refractivity contribution in [2.24, 2.45) is 0 Å². The topological polar surface area (TPSA) is 118 Å². The summed E-state index contributed by atoms with van der Waals surface area (Å²) in [5.74, 6) is -1.10. The Morgan fingerprint density at radius 3 is 1.75 bits per heavy atom. The number of carbonyl (C=O) groups excluding carboxylic acids is 1. The number of carbonyl (C=O) groups is 1. The molecule has 0 saturated carbocycles. The lowest BCUT2D eigenvalue weighted by Crippen LogP contribution is -2.30. The average molecular weight is 419 g/mol. The Morgan fingerprint density at radius 2 is 1.39 bits per heavy atom. The predicted octanol–water partition coefficient (Wildman–Crippen LogP) is 2.27. The molecule has 9 heteroatoms. The van der Waals surface area contributed by atoms with E-state index in [1.807, 2.05) is 0 Å². The smallest absolute Gasteiger partial charge is 0.348 e. The molecule has 0 amide bonds. The highest BCUT2D eigenvalue weighted by atomic mass is 32.3. The van der Waals surface area contributed by atoms with Crippen LogP contribution < -0.4 is 0 Å². The van der Waals surface area contributed by atoms with E-state index < -0.39 is 35.8 Å². The van der Waals surface area contributed by atoms with Crippen molar-refractivity contribution in [3.8, 4) is 6.07 Å². The summed E-state index contributed by atoms with van der Waals surface area (Å²) in [5, 5.41) is 9.24. The fourth-order valence-electron chi connectivity index (χ4n) is 2.33. The van der Waals surface area contributed by atoms with Gasteiger partial charge in [-0.2, -0.15) is 5.26 Å². The maximum Gasteiger partial charge on any atom is 0.348 e. The van der Waals surface area contributed by atoms with Crippen LogP contribution in [0.1, 0.15) is 6.92 Å². The number of ether oxygens (including phenoxy) is 1. The molecular weight excluding hydrogens is 402 g/mol. The summed E-state index contributed by atoms with van der Waals surface area (Å²) in [4.78, 5) is 11.4. The van der Waals surface area contributed by atoms with Crippen LogP contribution in [0.4, 0.5) is 0 Å². The highest BCUT2D eigenvalue weighted by molar-refractivity contribution is 8.09. The molecule has 2 aromatic rings. The van der Waals surface area contributed by atoms with Crippen molar-refractivity contribution in [3.63, 3.8) is 0 Å². The predicted molar refractivity (Wildman–Crippen MR) is 101 cm³/mol. The zero-order chi connectivity index (χ0) is 20.8. The molecule has 2 rings (SSSR count). The summed E-state index contributed by atoms with van der Waals surface area (Å²) >= 11 is 0. The van der Waals surface area contributed by atoms with Crippen LogP contribution in [0.2, 0.25) is 0 Å². The highest BCUT2D eigenvalue weighted by Crippen LogP contribution is 2.27. The van der Waals surface area contributed by atoms with Crippen molar-refractivity contribution in [2.75, 3.05) is 6.61 Å². The fraction of sp³-hybridized carbons (Fsp3) is 0.158. The van der Waals surface area contributed by atoms with Crippen molar-refractivity contribution in [1.29, 1.82) is 5.26 Å². The molecule has 2 aromatic carbocycles. The molecular formula is C19H17NO6S2. The number of benzene rings is 2. The molecule has 0 saturated heterocycles. The van der Waals surface area contributed by atoms with Gasteiger partial charge < -0.3 is 4.74 Å². The Bertz CT molecular complexity index is 1050. The normalized spacial score (nSPS) is 12.4. The van der Waals surface area contributed by atoms with Crippen LogP contribution in [-0.2, 0) is 29.2 Å². The van der Waals surface area contributed by atoms with Gasteiger partial charge in [-0.25, -0.2) is 21.6 Å². The van der Waals surface area contributed by atoms with Crippen LogP contribution in [0.5, 0.6) is 0 Å². The van der Waals surface area contributed by atoms with E-state index in [9.17, 15) is 26.9 Å². The highest BCUT2D eigenvalue weighted by Gasteiger charge is 2.39. The number of hydrogen-bond donors (Lipinski definition) is 0. The zero-order valence-corrected chi connectivity index (χ0v) is 16.5. The van der Waals surface area contributed by atoms with Gasteiger partial charge in [-0.15, -0.1) is 0 Å². The quantitative estimate of drug-likeness (QED) is 0.384. The lowest BCUT2D eigenvalue weighted by Gasteiger charge is -2.16. The van der Waals surface area contributed by atoms with Gasteiger partial charge in [0.05, 0.1) is 16.4 Å². The number of hydrogen-bond acceptors (Lipinski definition) is 7. The van der Waals surface area contributed by atoms with Gasteiger partial charge in [0, 0.05) is 0 Å². The summed E-state index contributed by atoms with van der Waals surface area (Å²) in [6.07, 6.45) is 0.628. The summed E-state index contributed by atoms with van der Waals surface area (Å²) in [7, 11) is -8.97. The van der Waals surface area contributed by atoms with Gasteiger partial charge >= 0.3 is 5.97 Å². The van der Waals surface area contributed by atoms with Gasteiger partial charge in [0.1, 0.15) is 11.6 Å². The van der Waals surface area contributed by atoms with E-state index >= 15 is 0 Å². The van der Waals surface area contributed by atoms with Gasteiger partial charge in [-0.3, -0.25) is 0 Å². The van der Waals surface area contributed by atoms with E-state index in [-0.39, 0.29) is 16.4 Å². The standard InChI is InChI=1S/C19H17NO6S2/c1-2-26-19(21)15(14-20)13-18(27(22,23)16-9-5-3-6-10-16)28(24,25)17-11-7-4-8-12-17/h3-13,18H,2H2,1H3. The summed E-state index contributed by atoms with van der Waals surface area (Å²) in [5.41, 5.74) is -0.703. The Hall–Kier alpha value is -2.96. The lowest BCUT2D eigenvalue weighted by atomic mass is 10.3. The second-order valence-electron chi connectivity index (χ2n) is 5.50. The van der Waals surface area contributed by atoms with Crippen molar-refractivity contribution in [1.82, 2.24) is 0 Å². The molecule has 0 fully saturated rings. The molecule has 28 heavy (non-hydrogen) atoms. The molecule has 0 atom stereocenters. The first-order valence-electron chi connectivity index (χ1n) is 8.12. The Labute approximate surface area is 163 Å². The molecule has 0 unspecified atom stereocenters. The first-order chi connectivity index (χ1) is 13.2. The fourth-order valence-corrected chi connectivity index (χ4v) is 6.57. The second kappa shape index (κ2) is 8.82. The number of sulfone groups is 2. The Kier molecular flexibility index (Phi) is 6.72. The third kappa shape index (κ3) is 4.47. The monoisotopic (exact) mass is 419 g/mol. The van der Waals surface area contributed by atoms with Gasteiger partial charge in [0.15, 0.2) is 24.3 Å². The van der Waals surface area contributed by atoms with Crippen molar-refractivity contribution >= 4 is 25.6 Å². The van der Waals surface area contributed by atoms with E-state index in [1.54, 1.807) is 12.1 Å². The molecule has 0 N–H and O–H groups in total.